The molecule has 0 amide bonds. The van der Waals surface area contributed by atoms with Gasteiger partial charge in [0.05, 0.1) is 0 Å². The fraction of sp³-hybridized carbons (Fsp3) is 0.286. The van der Waals surface area contributed by atoms with Crippen LogP contribution in [0.1, 0.15) is 12.8 Å². The highest BCUT2D eigenvalue weighted by atomic mass is 14.8. The van der Waals surface area contributed by atoms with Crippen LogP contribution in [0.15, 0.2) is 23.9 Å². The van der Waals surface area contributed by atoms with Crippen LogP contribution >= 0.6 is 0 Å². The normalized spacial score (nSPS) is 17.9. The highest BCUT2D eigenvalue weighted by molar-refractivity contribution is 5.12. The Balaban J connectivity index is 2.43. The van der Waals surface area contributed by atoms with Crippen molar-refractivity contribution in [3.05, 3.63) is 31.0 Å². The first-order chi connectivity index (χ1) is 3.93. The summed E-state index contributed by atoms with van der Waals surface area (Å²) >= 11 is 0. The van der Waals surface area contributed by atoms with Gasteiger partial charge < -0.3 is 5.32 Å². The van der Waals surface area contributed by atoms with Crippen molar-refractivity contribution in [1.82, 2.24) is 5.32 Å². The molecule has 43 valence electrons. The van der Waals surface area contributed by atoms with E-state index in [4.69, 9.17) is 0 Å². The van der Waals surface area contributed by atoms with E-state index in [1.165, 1.54) is 5.70 Å². The van der Waals surface area contributed by atoms with Crippen LogP contribution in [-0.4, -0.2) is 0 Å². The molecule has 1 N–H and O–H groups in total. The lowest BCUT2D eigenvalue weighted by atomic mass is 10.1. The van der Waals surface area contributed by atoms with Gasteiger partial charge >= 0.3 is 0 Å². The second-order valence-electron chi connectivity index (χ2n) is 1.82. The summed E-state index contributed by atoms with van der Waals surface area (Å²) in [5, 5.41) is 2.86. The zero-order chi connectivity index (χ0) is 5.82. The summed E-state index contributed by atoms with van der Waals surface area (Å²) in [6.45, 7) is 0. The van der Waals surface area contributed by atoms with E-state index in [-0.39, 0.29) is 0 Å². The lowest BCUT2D eigenvalue weighted by Gasteiger charge is -2.05. The molecule has 0 unspecified atom stereocenters. The molecular weight excluding hydrogens is 98.1 g/mol. The van der Waals surface area contributed by atoms with Crippen molar-refractivity contribution in [3.8, 4) is 0 Å². The Morgan fingerprint density at radius 1 is 1.50 bits per heavy atom. The van der Waals surface area contributed by atoms with Gasteiger partial charge in [0.15, 0.2) is 0 Å². The quantitative estimate of drug-likeness (QED) is 0.503. The Morgan fingerprint density at radius 3 is 2.75 bits per heavy atom. The minimum Gasteiger partial charge on any atom is -0.387 e. The van der Waals surface area contributed by atoms with Crippen molar-refractivity contribution in [1.29, 1.82) is 0 Å². The van der Waals surface area contributed by atoms with E-state index in [0.29, 0.717) is 0 Å². The summed E-state index contributed by atoms with van der Waals surface area (Å²) in [6, 6.07) is 0. The summed E-state index contributed by atoms with van der Waals surface area (Å²) in [6.07, 6.45) is 8.52. The van der Waals surface area contributed by atoms with Crippen LogP contribution in [0.5, 0.6) is 0 Å². The molecule has 0 bridgehead atoms. The maximum Gasteiger partial charge on any atom is 0.0317 e. The lowest BCUT2D eigenvalue weighted by molar-refractivity contribution is 0.954. The Bertz CT molecular complexity index is 122. The zero-order valence-electron chi connectivity index (χ0n) is 4.85. The Labute approximate surface area is 50.1 Å². The SMILES string of the molecule is [CH2]NC1=CCC=CC1. The number of hydrogen-bond acceptors (Lipinski definition) is 1. The highest BCUT2D eigenvalue weighted by Gasteiger charge is 1.91. The Kier molecular flexibility index (Phi) is 1.73. The fourth-order valence-corrected chi connectivity index (χ4v) is 0.744. The largest absolute Gasteiger partial charge is 0.387 e. The van der Waals surface area contributed by atoms with Gasteiger partial charge in [0.2, 0.25) is 0 Å². The third kappa shape index (κ3) is 1.12. The van der Waals surface area contributed by atoms with Crippen LogP contribution < -0.4 is 5.32 Å². The molecular formula is C7H10N. The molecule has 1 heteroatoms. The molecule has 0 aromatic rings. The van der Waals surface area contributed by atoms with Gasteiger partial charge in [0.25, 0.3) is 0 Å². The van der Waals surface area contributed by atoms with Gasteiger partial charge in [-0.05, 0) is 6.42 Å². The molecule has 1 aliphatic carbocycles. The summed E-state index contributed by atoms with van der Waals surface area (Å²) in [5.41, 5.74) is 1.23. The Hall–Kier alpha value is -0.720. The molecule has 8 heavy (non-hydrogen) atoms. The van der Waals surface area contributed by atoms with E-state index < -0.39 is 0 Å². The second kappa shape index (κ2) is 2.55. The molecule has 0 saturated heterocycles. The average Bonchev–Trinajstić information content (AvgIpc) is 1.90. The Morgan fingerprint density at radius 2 is 2.38 bits per heavy atom. The zero-order valence-corrected chi connectivity index (χ0v) is 4.85. The van der Waals surface area contributed by atoms with Crippen LogP contribution in [0, 0.1) is 7.05 Å². The molecule has 0 heterocycles. The van der Waals surface area contributed by atoms with Crippen LogP contribution in [-0.2, 0) is 0 Å². The molecule has 1 rings (SSSR count). The van der Waals surface area contributed by atoms with Crippen molar-refractivity contribution < 1.29 is 0 Å². The number of nitrogens with one attached hydrogen (secondary N) is 1. The molecule has 0 fully saturated rings. The monoisotopic (exact) mass is 108 g/mol. The van der Waals surface area contributed by atoms with Gasteiger partial charge in [-0.15, -0.1) is 0 Å². The number of allylic oxidation sites excluding steroid dienone is 3. The third-order valence-electron chi connectivity index (χ3n) is 1.23. The van der Waals surface area contributed by atoms with E-state index in [1.807, 2.05) is 0 Å². The summed E-state index contributed by atoms with van der Waals surface area (Å²) in [5.74, 6) is 0. The maximum atomic E-state index is 3.56. The van der Waals surface area contributed by atoms with Gasteiger partial charge in [-0.2, -0.15) is 0 Å². The number of rotatable bonds is 1. The molecule has 0 atom stereocenters. The maximum absolute atomic E-state index is 3.56. The first-order valence-electron chi connectivity index (χ1n) is 2.80. The molecule has 0 aromatic heterocycles. The third-order valence-corrected chi connectivity index (χ3v) is 1.23. The molecule has 0 aromatic carbocycles. The number of hydrogen-bond donors (Lipinski definition) is 1. The van der Waals surface area contributed by atoms with Gasteiger partial charge in [0, 0.05) is 19.2 Å². The van der Waals surface area contributed by atoms with Crippen molar-refractivity contribution >= 4 is 0 Å². The van der Waals surface area contributed by atoms with Crippen molar-refractivity contribution in [3.63, 3.8) is 0 Å². The van der Waals surface area contributed by atoms with Crippen LogP contribution in [0.25, 0.3) is 0 Å². The average molecular weight is 108 g/mol. The van der Waals surface area contributed by atoms with E-state index >= 15 is 0 Å². The second-order valence-corrected chi connectivity index (χ2v) is 1.82. The van der Waals surface area contributed by atoms with Crippen LogP contribution in [0.2, 0.25) is 0 Å². The van der Waals surface area contributed by atoms with Crippen molar-refractivity contribution in [2.24, 2.45) is 0 Å². The first kappa shape index (κ1) is 5.42. The van der Waals surface area contributed by atoms with Crippen LogP contribution in [0.3, 0.4) is 0 Å². The van der Waals surface area contributed by atoms with Gasteiger partial charge in [0.1, 0.15) is 0 Å². The van der Waals surface area contributed by atoms with E-state index in [9.17, 15) is 0 Å². The van der Waals surface area contributed by atoms with Crippen molar-refractivity contribution in [2.75, 3.05) is 0 Å². The minimum absolute atomic E-state index is 1.02. The lowest BCUT2D eigenvalue weighted by Crippen LogP contribution is -2.02. The first-order valence-corrected chi connectivity index (χ1v) is 2.80. The highest BCUT2D eigenvalue weighted by Crippen LogP contribution is 2.06. The van der Waals surface area contributed by atoms with Crippen molar-refractivity contribution in [2.45, 2.75) is 12.8 Å². The van der Waals surface area contributed by atoms with E-state index in [0.717, 1.165) is 12.8 Å². The molecule has 1 radical (unpaired) electrons. The van der Waals surface area contributed by atoms with E-state index in [1.54, 1.807) is 0 Å². The molecule has 1 aliphatic rings. The van der Waals surface area contributed by atoms with E-state index in [2.05, 4.69) is 30.6 Å². The summed E-state index contributed by atoms with van der Waals surface area (Å²) in [7, 11) is 3.56. The fourth-order valence-electron chi connectivity index (χ4n) is 0.744. The van der Waals surface area contributed by atoms with Crippen LogP contribution in [0.4, 0.5) is 0 Å². The van der Waals surface area contributed by atoms with Gasteiger partial charge in [-0.3, -0.25) is 0 Å². The summed E-state index contributed by atoms with van der Waals surface area (Å²) < 4.78 is 0. The smallest absolute Gasteiger partial charge is 0.0317 e. The topological polar surface area (TPSA) is 12.0 Å². The van der Waals surface area contributed by atoms with Gasteiger partial charge in [-0.25, -0.2) is 0 Å². The molecule has 1 nitrogen and oxygen atoms in total. The molecule has 0 spiro atoms. The van der Waals surface area contributed by atoms with Gasteiger partial charge in [-0.1, -0.05) is 18.2 Å². The molecule has 0 aliphatic heterocycles. The predicted molar refractivity (Wildman–Crippen MR) is 34.9 cm³/mol. The predicted octanol–water partition coefficient (Wildman–Crippen LogP) is 1.60. The molecule has 0 saturated carbocycles. The standard InChI is InChI=1S/C7H10N/c1-8-7-5-3-2-4-6-7/h2-3,6,8H,1,4-5H2. The summed E-state index contributed by atoms with van der Waals surface area (Å²) in [4.78, 5) is 0. The minimum atomic E-state index is 1.02.